The first-order chi connectivity index (χ1) is 7.15. The number of anilines is 1. The molecule has 0 spiro atoms. The van der Waals surface area contributed by atoms with E-state index in [1.807, 2.05) is 0 Å². The van der Waals surface area contributed by atoms with E-state index in [1.54, 1.807) is 0 Å². The van der Waals surface area contributed by atoms with E-state index in [4.69, 9.17) is 10.8 Å². The summed E-state index contributed by atoms with van der Waals surface area (Å²) in [7, 11) is 0. The fourth-order valence-electron chi connectivity index (χ4n) is 0.736. The predicted octanol–water partition coefficient (Wildman–Crippen LogP) is 0.500. The lowest BCUT2D eigenvalue weighted by Crippen LogP contribution is -2.16. The van der Waals surface area contributed by atoms with E-state index in [2.05, 4.69) is 15.0 Å². The number of halogens is 1. The Balaban J connectivity index is 2.83. The summed E-state index contributed by atoms with van der Waals surface area (Å²) in [5.41, 5.74) is 5.04. The molecule has 3 N–H and O–H groups in total. The molecule has 0 radical (unpaired) electrons. The molecule has 0 saturated heterocycles. The maximum Gasteiger partial charge on any atom is 0.360 e. The summed E-state index contributed by atoms with van der Waals surface area (Å²) in [5, 5.41) is 13.7. The summed E-state index contributed by atoms with van der Waals surface area (Å²) in [4.78, 5) is 18.9. The minimum Gasteiger partial charge on any atom is -0.476 e. The zero-order valence-corrected chi connectivity index (χ0v) is 8.33. The lowest BCUT2D eigenvalue weighted by Gasteiger charge is -1.97. The molecule has 1 aromatic rings. The fraction of sp³-hybridized carbons (Fsp3) is 0.286. The van der Waals surface area contributed by atoms with Crippen molar-refractivity contribution >= 4 is 28.1 Å². The molecular weight excluding hydrogens is 225 g/mol. The van der Waals surface area contributed by atoms with Crippen molar-refractivity contribution in [1.29, 1.82) is 0 Å². The van der Waals surface area contributed by atoms with Gasteiger partial charge < -0.3 is 15.7 Å². The Morgan fingerprint density at radius 1 is 1.80 bits per heavy atom. The molecular formula is C7H8FN3O3S. The number of nitrogens with two attached hydrogens (primary N) is 1. The molecule has 0 unspecified atom stereocenters. The second kappa shape index (κ2) is 5.25. The number of thiazole rings is 1. The van der Waals surface area contributed by atoms with Crippen molar-refractivity contribution in [2.24, 2.45) is 5.16 Å². The van der Waals surface area contributed by atoms with Gasteiger partial charge >= 0.3 is 5.97 Å². The van der Waals surface area contributed by atoms with Gasteiger partial charge in [-0.15, -0.1) is 11.3 Å². The Bertz CT molecular complexity index is 379. The maximum atomic E-state index is 11.7. The van der Waals surface area contributed by atoms with E-state index in [0.717, 1.165) is 11.3 Å². The van der Waals surface area contributed by atoms with Gasteiger partial charge in [0, 0.05) is 5.38 Å². The van der Waals surface area contributed by atoms with Crippen LogP contribution in [0.1, 0.15) is 5.69 Å². The number of hydrogen-bond donors (Lipinski definition) is 2. The van der Waals surface area contributed by atoms with Crippen molar-refractivity contribution < 1.29 is 19.1 Å². The van der Waals surface area contributed by atoms with Crippen LogP contribution in [0.25, 0.3) is 0 Å². The van der Waals surface area contributed by atoms with E-state index >= 15 is 0 Å². The normalized spacial score (nSPS) is 11.4. The lowest BCUT2D eigenvalue weighted by molar-refractivity contribution is -0.129. The van der Waals surface area contributed by atoms with Crippen LogP contribution in [0, 0.1) is 0 Å². The molecule has 0 aliphatic heterocycles. The SMILES string of the molecule is Nc1nc(/C(=N\OCCF)C(=O)O)cs1. The van der Waals surface area contributed by atoms with Crippen molar-refractivity contribution in [3.8, 4) is 0 Å². The molecule has 0 aliphatic rings. The summed E-state index contributed by atoms with van der Waals surface area (Å²) in [5.74, 6) is -1.31. The average Bonchev–Trinajstić information content (AvgIpc) is 2.59. The van der Waals surface area contributed by atoms with Crippen molar-refractivity contribution in [2.75, 3.05) is 19.0 Å². The van der Waals surface area contributed by atoms with E-state index in [1.165, 1.54) is 5.38 Å². The van der Waals surface area contributed by atoms with Crippen LogP contribution in [0.3, 0.4) is 0 Å². The molecule has 82 valence electrons. The van der Waals surface area contributed by atoms with Gasteiger partial charge in [0.05, 0.1) is 0 Å². The van der Waals surface area contributed by atoms with Gasteiger partial charge in [-0.3, -0.25) is 0 Å². The minimum absolute atomic E-state index is 0.101. The first-order valence-corrected chi connectivity index (χ1v) is 4.73. The molecule has 1 rings (SSSR count). The number of aromatic nitrogens is 1. The summed E-state index contributed by atoms with van der Waals surface area (Å²) >= 11 is 1.08. The molecule has 0 saturated carbocycles. The number of carboxylic acid groups (broad SMARTS) is 1. The monoisotopic (exact) mass is 233 g/mol. The van der Waals surface area contributed by atoms with Gasteiger partial charge in [-0.25, -0.2) is 14.2 Å². The number of rotatable bonds is 5. The van der Waals surface area contributed by atoms with E-state index in [-0.39, 0.29) is 17.4 Å². The van der Waals surface area contributed by atoms with E-state index in [0.29, 0.717) is 0 Å². The second-order valence-corrected chi connectivity index (χ2v) is 3.23. The van der Waals surface area contributed by atoms with Crippen LogP contribution in [-0.2, 0) is 9.63 Å². The maximum absolute atomic E-state index is 11.7. The number of nitrogens with zero attached hydrogens (tertiary/aromatic N) is 2. The standard InChI is InChI=1S/C7H8FN3O3S/c8-1-2-14-11-5(6(12)13)4-3-15-7(9)10-4/h3H,1-2H2,(H2,9,10)(H,12,13)/b11-5+. The van der Waals surface area contributed by atoms with Gasteiger partial charge in [0.15, 0.2) is 5.13 Å². The first kappa shape index (κ1) is 11.4. The summed E-state index contributed by atoms with van der Waals surface area (Å²) in [6.07, 6.45) is 0. The number of carboxylic acids is 1. The smallest absolute Gasteiger partial charge is 0.360 e. The zero-order chi connectivity index (χ0) is 11.3. The van der Waals surface area contributed by atoms with Crippen LogP contribution in [0.2, 0.25) is 0 Å². The highest BCUT2D eigenvalue weighted by atomic mass is 32.1. The Morgan fingerprint density at radius 2 is 2.53 bits per heavy atom. The Morgan fingerprint density at radius 3 is 3.00 bits per heavy atom. The second-order valence-electron chi connectivity index (χ2n) is 2.34. The van der Waals surface area contributed by atoms with Crippen LogP contribution in [0.15, 0.2) is 10.5 Å². The highest BCUT2D eigenvalue weighted by Gasteiger charge is 2.16. The Labute approximate surface area is 88.2 Å². The van der Waals surface area contributed by atoms with Crippen LogP contribution in [-0.4, -0.2) is 35.1 Å². The Kier molecular flexibility index (Phi) is 3.98. The van der Waals surface area contributed by atoms with Gasteiger partial charge in [0.25, 0.3) is 0 Å². The van der Waals surface area contributed by atoms with Gasteiger partial charge in [0.2, 0.25) is 5.71 Å². The molecule has 0 amide bonds. The molecule has 1 aromatic heterocycles. The van der Waals surface area contributed by atoms with E-state index < -0.39 is 18.4 Å². The van der Waals surface area contributed by atoms with Crippen molar-refractivity contribution in [3.63, 3.8) is 0 Å². The van der Waals surface area contributed by atoms with Crippen LogP contribution >= 0.6 is 11.3 Å². The number of hydrogen-bond acceptors (Lipinski definition) is 6. The van der Waals surface area contributed by atoms with Crippen LogP contribution in [0.5, 0.6) is 0 Å². The number of alkyl halides is 1. The third kappa shape index (κ3) is 3.17. The predicted molar refractivity (Wildman–Crippen MR) is 52.6 cm³/mol. The van der Waals surface area contributed by atoms with Crippen molar-refractivity contribution in [3.05, 3.63) is 11.1 Å². The molecule has 1 heterocycles. The number of carbonyl (C=O) groups is 1. The molecule has 0 aromatic carbocycles. The highest BCUT2D eigenvalue weighted by molar-refractivity contribution is 7.13. The van der Waals surface area contributed by atoms with Crippen LogP contribution < -0.4 is 5.73 Å². The third-order valence-corrected chi connectivity index (χ3v) is 1.97. The zero-order valence-electron chi connectivity index (χ0n) is 7.51. The van der Waals surface area contributed by atoms with Crippen molar-refractivity contribution in [2.45, 2.75) is 0 Å². The summed E-state index contributed by atoms with van der Waals surface area (Å²) in [6.45, 7) is -1.04. The molecule has 0 atom stereocenters. The van der Waals surface area contributed by atoms with Gasteiger partial charge in [0.1, 0.15) is 19.0 Å². The van der Waals surface area contributed by atoms with Gasteiger partial charge in [-0.05, 0) is 0 Å². The van der Waals surface area contributed by atoms with E-state index in [9.17, 15) is 9.18 Å². The summed E-state index contributed by atoms with van der Waals surface area (Å²) < 4.78 is 11.7. The molecule has 0 bridgehead atoms. The largest absolute Gasteiger partial charge is 0.476 e. The molecule has 8 heteroatoms. The van der Waals surface area contributed by atoms with Crippen LogP contribution in [0.4, 0.5) is 9.52 Å². The minimum atomic E-state index is -1.31. The topological polar surface area (TPSA) is 97.8 Å². The number of oxime groups is 1. The third-order valence-electron chi connectivity index (χ3n) is 1.29. The average molecular weight is 233 g/mol. The highest BCUT2D eigenvalue weighted by Crippen LogP contribution is 2.12. The fourth-order valence-corrected chi connectivity index (χ4v) is 1.28. The molecule has 0 aliphatic carbocycles. The summed E-state index contributed by atoms with van der Waals surface area (Å²) in [6, 6.07) is 0. The van der Waals surface area contributed by atoms with Crippen molar-refractivity contribution in [1.82, 2.24) is 4.98 Å². The quantitative estimate of drug-likeness (QED) is 0.438. The number of nitrogen functional groups attached to an aromatic ring is 1. The molecule has 0 fully saturated rings. The van der Waals surface area contributed by atoms with Gasteiger partial charge in [-0.1, -0.05) is 5.16 Å². The lowest BCUT2D eigenvalue weighted by atomic mass is 10.3. The number of aliphatic carboxylic acids is 1. The Hall–Kier alpha value is -1.70. The first-order valence-electron chi connectivity index (χ1n) is 3.85. The van der Waals surface area contributed by atoms with Gasteiger partial charge in [-0.2, -0.15) is 0 Å². The molecule has 15 heavy (non-hydrogen) atoms. The molecule has 6 nitrogen and oxygen atoms in total.